The van der Waals surface area contributed by atoms with Crippen LogP contribution in [0.15, 0.2) is 35.5 Å². The van der Waals surface area contributed by atoms with E-state index in [0.29, 0.717) is 18.0 Å². The van der Waals surface area contributed by atoms with E-state index in [0.717, 1.165) is 24.8 Å². The van der Waals surface area contributed by atoms with E-state index in [2.05, 4.69) is 10.2 Å². The largest absolute Gasteiger partial charge is 0.493 e. The molecule has 1 N–H and O–H groups in total. The van der Waals surface area contributed by atoms with Crippen LogP contribution in [0.1, 0.15) is 30.9 Å². The molecule has 0 amide bonds. The van der Waals surface area contributed by atoms with Crippen molar-refractivity contribution < 1.29 is 17.9 Å². The Morgan fingerprint density at radius 2 is 2.00 bits per heavy atom. The topological polar surface area (TPSA) is 84.5 Å². The molecule has 2 aromatic rings. The second-order valence-corrected chi connectivity index (χ2v) is 7.57. The third kappa shape index (κ3) is 2.99. The van der Waals surface area contributed by atoms with Crippen LogP contribution >= 0.6 is 0 Å². The Morgan fingerprint density at radius 1 is 1.21 bits per heavy atom. The number of aromatic nitrogens is 2. The molecular formula is C16H21N3O4S. The van der Waals surface area contributed by atoms with Gasteiger partial charge in [0.2, 0.25) is 10.0 Å². The summed E-state index contributed by atoms with van der Waals surface area (Å²) in [7, 11) is -0.630. The normalized spacial score (nSPS) is 19.2. The van der Waals surface area contributed by atoms with Gasteiger partial charge in [-0.1, -0.05) is 6.42 Å². The number of hydrogen-bond acceptors (Lipinski definition) is 5. The zero-order chi connectivity index (χ0) is 17.2. The SMILES string of the molecule is COc1ccc(S(=O)(=O)N2CCCCC2c2cn[nH]c2)cc1OC. The first-order chi connectivity index (χ1) is 11.6. The molecule has 8 heteroatoms. The summed E-state index contributed by atoms with van der Waals surface area (Å²) in [5, 5.41) is 6.72. The van der Waals surface area contributed by atoms with Crippen molar-refractivity contribution in [3.8, 4) is 11.5 Å². The third-order valence-electron chi connectivity index (χ3n) is 4.32. The lowest BCUT2D eigenvalue weighted by atomic mass is 10.0. The number of piperidine rings is 1. The highest BCUT2D eigenvalue weighted by atomic mass is 32.2. The summed E-state index contributed by atoms with van der Waals surface area (Å²) in [6, 6.07) is 4.48. The van der Waals surface area contributed by atoms with Gasteiger partial charge in [0.15, 0.2) is 11.5 Å². The minimum atomic E-state index is -3.64. The molecule has 1 aliphatic rings. The van der Waals surface area contributed by atoms with Gasteiger partial charge in [-0.15, -0.1) is 0 Å². The van der Waals surface area contributed by atoms with Crippen LogP contribution in [0.4, 0.5) is 0 Å². The number of benzene rings is 1. The van der Waals surface area contributed by atoms with Gasteiger partial charge in [-0.25, -0.2) is 8.42 Å². The van der Waals surface area contributed by atoms with Gasteiger partial charge in [0.25, 0.3) is 0 Å². The molecule has 0 saturated carbocycles. The first kappa shape index (κ1) is 16.8. The van der Waals surface area contributed by atoms with Crippen molar-refractivity contribution in [2.24, 2.45) is 0 Å². The van der Waals surface area contributed by atoms with E-state index in [1.54, 1.807) is 28.8 Å². The third-order valence-corrected chi connectivity index (χ3v) is 6.22. The zero-order valence-electron chi connectivity index (χ0n) is 13.7. The second-order valence-electron chi connectivity index (χ2n) is 5.68. The molecule has 0 aliphatic carbocycles. The van der Waals surface area contributed by atoms with Gasteiger partial charge in [-0.3, -0.25) is 5.10 Å². The Hall–Kier alpha value is -2.06. The Kier molecular flexibility index (Phi) is 4.77. The maximum absolute atomic E-state index is 13.2. The summed E-state index contributed by atoms with van der Waals surface area (Å²) in [4.78, 5) is 0.204. The molecular weight excluding hydrogens is 330 g/mol. The summed E-state index contributed by atoms with van der Waals surface area (Å²) >= 11 is 0. The number of rotatable bonds is 5. The fourth-order valence-corrected chi connectivity index (χ4v) is 4.78. The zero-order valence-corrected chi connectivity index (χ0v) is 14.5. The Balaban J connectivity index is 1.99. The average Bonchev–Trinajstić information content (AvgIpc) is 3.15. The van der Waals surface area contributed by atoms with E-state index in [4.69, 9.17) is 9.47 Å². The number of nitrogens with zero attached hydrogens (tertiary/aromatic N) is 2. The number of hydrogen-bond donors (Lipinski definition) is 1. The van der Waals surface area contributed by atoms with Crippen molar-refractivity contribution in [1.82, 2.24) is 14.5 Å². The van der Waals surface area contributed by atoms with Gasteiger partial charge in [0.1, 0.15) is 0 Å². The van der Waals surface area contributed by atoms with E-state index in [1.165, 1.54) is 20.3 Å². The second kappa shape index (κ2) is 6.82. The maximum atomic E-state index is 13.2. The minimum Gasteiger partial charge on any atom is -0.493 e. The summed E-state index contributed by atoms with van der Waals surface area (Å²) in [5.74, 6) is 0.900. The van der Waals surface area contributed by atoms with Crippen molar-refractivity contribution in [2.75, 3.05) is 20.8 Å². The molecule has 1 aromatic heterocycles. The highest BCUT2D eigenvalue weighted by Crippen LogP contribution is 2.37. The Labute approximate surface area is 141 Å². The molecule has 0 spiro atoms. The highest BCUT2D eigenvalue weighted by molar-refractivity contribution is 7.89. The van der Waals surface area contributed by atoms with E-state index in [1.807, 2.05) is 0 Å². The molecule has 7 nitrogen and oxygen atoms in total. The van der Waals surface area contributed by atoms with E-state index < -0.39 is 10.0 Å². The Morgan fingerprint density at radius 3 is 2.67 bits per heavy atom. The highest BCUT2D eigenvalue weighted by Gasteiger charge is 2.35. The lowest BCUT2D eigenvalue weighted by Crippen LogP contribution is -2.38. The van der Waals surface area contributed by atoms with Gasteiger partial charge in [0.05, 0.1) is 31.4 Å². The quantitative estimate of drug-likeness (QED) is 0.894. The molecule has 1 aromatic carbocycles. The number of sulfonamides is 1. The lowest BCUT2D eigenvalue weighted by molar-refractivity contribution is 0.256. The van der Waals surface area contributed by atoms with E-state index in [9.17, 15) is 8.42 Å². The van der Waals surface area contributed by atoms with Gasteiger partial charge in [-0.2, -0.15) is 9.40 Å². The molecule has 130 valence electrons. The number of ether oxygens (including phenoxy) is 2. The maximum Gasteiger partial charge on any atom is 0.243 e. The van der Waals surface area contributed by atoms with Crippen molar-refractivity contribution in [3.63, 3.8) is 0 Å². The molecule has 1 aliphatic heterocycles. The minimum absolute atomic E-state index is 0.199. The monoisotopic (exact) mass is 351 g/mol. The van der Waals surface area contributed by atoms with Gasteiger partial charge in [0, 0.05) is 24.4 Å². The molecule has 1 atom stereocenters. The molecule has 1 fully saturated rings. The van der Waals surface area contributed by atoms with Crippen molar-refractivity contribution in [2.45, 2.75) is 30.2 Å². The van der Waals surface area contributed by atoms with Crippen LogP contribution in [-0.2, 0) is 10.0 Å². The first-order valence-corrected chi connectivity index (χ1v) is 9.24. The summed E-state index contributed by atoms with van der Waals surface area (Å²) in [6.45, 7) is 0.493. The molecule has 3 rings (SSSR count). The van der Waals surface area contributed by atoms with E-state index in [-0.39, 0.29) is 10.9 Å². The molecule has 0 bridgehead atoms. The van der Waals surface area contributed by atoms with Crippen molar-refractivity contribution in [3.05, 3.63) is 36.2 Å². The summed E-state index contributed by atoms with van der Waals surface area (Å²) in [6.07, 6.45) is 6.07. The van der Waals surface area contributed by atoms with Crippen molar-refractivity contribution >= 4 is 10.0 Å². The summed E-state index contributed by atoms with van der Waals surface area (Å²) < 4.78 is 38.3. The molecule has 24 heavy (non-hydrogen) atoms. The van der Waals surface area contributed by atoms with Crippen LogP contribution < -0.4 is 9.47 Å². The molecule has 0 radical (unpaired) electrons. The summed E-state index contributed by atoms with van der Waals surface area (Å²) in [5.41, 5.74) is 0.888. The smallest absolute Gasteiger partial charge is 0.243 e. The predicted octanol–water partition coefficient (Wildman–Crippen LogP) is 2.34. The standard InChI is InChI=1S/C16H21N3O4S/c1-22-15-7-6-13(9-16(15)23-2)24(20,21)19-8-4-3-5-14(19)12-10-17-18-11-12/h6-7,9-11,14H,3-5,8H2,1-2H3,(H,17,18). The van der Waals surface area contributed by atoms with Crippen LogP contribution in [0, 0.1) is 0 Å². The average molecular weight is 351 g/mol. The van der Waals surface area contributed by atoms with Crippen LogP contribution in [0.3, 0.4) is 0 Å². The van der Waals surface area contributed by atoms with Crippen LogP contribution in [0.5, 0.6) is 11.5 Å². The van der Waals surface area contributed by atoms with Crippen LogP contribution in [0.25, 0.3) is 0 Å². The Bertz CT molecular complexity index is 790. The van der Waals surface area contributed by atoms with Crippen LogP contribution in [-0.4, -0.2) is 43.7 Å². The van der Waals surface area contributed by atoms with Gasteiger partial charge >= 0.3 is 0 Å². The van der Waals surface area contributed by atoms with Crippen molar-refractivity contribution in [1.29, 1.82) is 0 Å². The predicted molar refractivity (Wildman–Crippen MR) is 88.6 cm³/mol. The fraction of sp³-hybridized carbons (Fsp3) is 0.438. The fourth-order valence-electron chi connectivity index (χ4n) is 3.08. The molecule has 1 unspecified atom stereocenters. The number of H-pyrrole nitrogens is 1. The van der Waals surface area contributed by atoms with Gasteiger partial charge < -0.3 is 9.47 Å². The first-order valence-electron chi connectivity index (χ1n) is 7.80. The lowest BCUT2D eigenvalue weighted by Gasteiger charge is -2.34. The molecule has 2 heterocycles. The van der Waals surface area contributed by atoms with Gasteiger partial charge in [-0.05, 0) is 25.0 Å². The number of nitrogens with one attached hydrogen (secondary N) is 1. The molecule has 1 saturated heterocycles. The van der Waals surface area contributed by atoms with E-state index >= 15 is 0 Å². The number of aromatic amines is 1. The van der Waals surface area contributed by atoms with Crippen LogP contribution in [0.2, 0.25) is 0 Å². The number of methoxy groups -OCH3 is 2.